The number of carbonyl (C=O) groups is 1. The van der Waals surface area contributed by atoms with Crippen LogP contribution in [0.5, 0.6) is 0 Å². The summed E-state index contributed by atoms with van der Waals surface area (Å²) >= 11 is 0. The van der Waals surface area contributed by atoms with Gasteiger partial charge in [-0.1, -0.05) is 45.4 Å². The summed E-state index contributed by atoms with van der Waals surface area (Å²) in [5.74, 6) is -0.830. The number of aliphatic carboxylic acids is 1. The number of hydrogen-bond donors (Lipinski definition) is 3. The van der Waals surface area contributed by atoms with E-state index in [0.717, 1.165) is 12.8 Å². The van der Waals surface area contributed by atoms with Crippen molar-refractivity contribution < 1.29 is 9.90 Å². The largest absolute Gasteiger partial charge is 0.481 e. The monoisotopic (exact) mass is 230 g/mol. The van der Waals surface area contributed by atoms with Gasteiger partial charge >= 0.3 is 5.97 Å². The molecule has 0 heterocycles. The van der Waals surface area contributed by atoms with Crippen LogP contribution in [0.4, 0.5) is 0 Å². The van der Waals surface area contributed by atoms with E-state index in [1.165, 1.54) is 25.7 Å². The molecule has 5 N–H and O–H groups in total. The molecule has 4 nitrogen and oxygen atoms in total. The van der Waals surface area contributed by atoms with Crippen molar-refractivity contribution in [2.24, 2.45) is 11.5 Å². The van der Waals surface area contributed by atoms with Crippen molar-refractivity contribution in [1.82, 2.24) is 0 Å². The molecule has 0 rings (SSSR count). The Morgan fingerprint density at radius 1 is 1.06 bits per heavy atom. The number of hydrogen-bond acceptors (Lipinski definition) is 3. The van der Waals surface area contributed by atoms with Crippen molar-refractivity contribution >= 4 is 5.97 Å². The topological polar surface area (TPSA) is 89.3 Å². The zero-order valence-electron chi connectivity index (χ0n) is 10.4. The molecule has 0 aliphatic carbocycles. The zero-order chi connectivity index (χ0) is 12.4. The summed E-state index contributed by atoms with van der Waals surface area (Å²) in [5, 5.41) is 8.53. The average molecular weight is 230 g/mol. The third-order valence-electron chi connectivity index (χ3n) is 2.80. The second kappa shape index (κ2) is 8.53. The molecule has 0 radical (unpaired) electrons. The maximum absolute atomic E-state index is 10.4. The molecule has 0 spiro atoms. The van der Waals surface area contributed by atoms with E-state index in [1.54, 1.807) is 0 Å². The van der Waals surface area contributed by atoms with Crippen LogP contribution in [0.3, 0.4) is 0 Å². The van der Waals surface area contributed by atoms with Crippen LogP contribution in [-0.2, 0) is 4.79 Å². The van der Waals surface area contributed by atoms with E-state index in [-0.39, 0.29) is 6.42 Å². The van der Waals surface area contributed by atoms with Crippen LogP contribution in [0.15, 0.2) is 0 Å². The van der Waals surface area contributed by atoms with Crippen LogP contribution in [0, 0.1) is 0 Å². The Morgan fingerprint density at radius 3 is 2.19 bits per heavy atom. The Bertz CT molecular complexity index is 193. The molecule has 0 aliphatic rings. The van der Waals surface area contributed by atoms with E-state index in [4.69, 9.17) is 16.6 Å². The first-order chi connectivity index (χ1) is 7.48. The van der Waals surface area contributed by atoms with Crippen LogP contribution in [0.2, 0.25) is 0 Å². The van der Waals surface area contributed by atoms with Gasteiger partial charge in [-0.25, -0.2) is 0 Å². The minimum Gasteiger partial charge on any atom is -0.481 e. The fourth-order valence-electron chi connectivity index (χ4n) is 1.70. The lowest BCUT2D eigenvalue weighted by Gasteiger charge is -2.23. The Hall–Kier alpha value is -0.610. The highest BCUT2D eigenvalue weighted by Gasteiger charge is 2.19. The fourth-order valence-corrected chi connectivity index (χ4v) is 1.70. The highest BCUT2D eigenvalue weighted by molar-refractivity contribution is 5.66. The minimum atomic E-state index is -0.830. The van der Waals surface area contributed by atoms with Gasteiger partial charge in [0, 0.05) is 6.42 Å². The molecule has 0 aromatic heterocycles. The molecule has 16 heavy (non-hydrogen) atoms. The lowest BCUT2D eigenvalue weighted by atomic mass is 9.97. The van der Waals surface area contributed by atoms with Crippen LogP contribution < -0.4 is 11.5 Å². The van der Waals surface area contributed by atoms with Gasteiger partial charge in [0.15, 0.2) is 0 Å². The molecule has 0 saturated heterocycles. The number of carboxylic acids is 1. The van der Waals surface area contributed by atoms with Crippen molar-refractivity contribution in [2.45, 2.75) is 70.4 Å². The van der Waals surface area contributed by atoms with Crippen molar-refractivity contribution in [1.29, 1.82) is 0 Å². The van der Waals surface area contributed by atoms with Gasteiger partial charge in [0.05, 0.1) is 5.66 Å². The molecule has 4 heteroatoms. The van der Waals surface area contributed by atoms with E-state index in [2.05, 4.69) is 6.92 Å². The molecule has 0 bridgehead atoms. The quantitative estimate of drug-likeness (QED) is 0.396. The van der Waals surface area contributed by atoms with Crippen LogP contribution in [0.1, 0.15) is 64.7 Å². The summed E-state index contributed by atoms with van der Waals surface area (Å²) in [6, 6.07) is 0. The van der Waals surface area contributed by atoms with E-state index in [1.807, 2.05) is 0 Å². The summed E-state index contributed by atoms with van der Waals surface area (Å²) < 4.78 is 0. The van der Waals surface area contributed by atoms with Gasteiger partial charge in [0.25, 0.3) is 0 Å². The first-order valence-electron chi connectivity index (χ1n) is 6.27. The Morgan fingerprint density at radius 2 is 1.62 bits per heavy atom. The molecule has 0 aromatic carbocycles. The average Bonchev–Trinajstić information content (AvgIpc) is 2.21. The molecular formula is C12H26N2O2. The second-order valence-corrected chi connectivity index (χ2v) is 4.64. The van der Waals surface area contributed by atoms with Crippen molar-refractivity contribution in [3.05, 3.63) is 0 Å². The van der Waals surface area contributed by atoms with E-state index in [9.17, 15) is 4.79 Å². The third kappa shape index (κ3) is 9.93. The summed E-state index contributed by atoms with van der Waals surface area (Å²) in [7, 11) is 0. The summed E-state index contributed by atoms with van der Waals surface area (Å²) in [5.41, 5.74) is 10.8. The standard InChI is InChI=1S/C12H26N2O2/c1-2-3-4-5-6-7-9-12(13,14)10-8-11(15)16/h2-10,13-14H2,1H3,(H,15,16). The number of rotatable bonds is 10. The predicted octanol–water partition coefficient (Wildman–Crippen LogP) is 2.22. The van der Waals surface area contributed by atoms with Gasteiger partial charge in [-0.3, -0.25) is 4.79 Å². The Balaban J connectivity index is 3.46. The lowest BCUT2D eigenvalue weighted by Crippen LogP contribution is -2.49. The van der Waals surface area contributed by atoms with Gasteiger partial charge < -0.3 is 16.6 Å². The maximum Gasteiger partial charge on any atom is 0.303 e. The first-order valence-corrected chi connectivity index (χ1v) is 6.27. The lowest BCUT2D eigenvalue weighted by molar-refractivity contribution is -0.137. The van der Waals surface area contributed by atoms with Gasteiger partial charge in [-0.15, -0.1) is 0 Å². The molecule has 0 aliphatic heterocycles. The zero-order valence-corrected chi connectivity index (χ0v) is 10.4. The molecule has 0 fully saturated rings. The second-order valence-electron chi connectivity index (χ2n) is 4.64. The van der Waals surface area contributed by atoms with Crippen molar-refractivity contribution in [3.63, 3.8) is 0 Å². The molecule has 0 atom stereocenters. The van der Waals surface area contributed by atoms with Crippen molar-refractivity contribution in [2.75, 3.05) is 0 Å². The SMILES string of the molecule is CCCCCCCCC(N)(N)CCC(=O)O. The highest BCUT2D eigenvalue weighted by atomic mass is 16.4. The van der Waals surface area contributed by atoms with Crippen LogP contribution in [0.25, 0.3) is 0 Å². The van der Waals surface area contributed by atoms with Gasteiger partial charge in [0.2, 0.25) is 0 Å². The summed E-state index contributed by atoms with van der Waals surface area (Å²) in [6.07, 6.45) is 8.30. The van der Waals surface area contributed by atoms with Crippen LogP contribution in [-0.4, -0.2) is 16.7 Å². The van der Waals surface area contributed by atoms with Gasteiger partial charge in [0.1, 0.15) is 0 Å². The summed E-state index contributed by atoms with van der Waals surface area (Å²) in [6.45, 7) is 2.19. The molecule has 0 aromatic rings. The molecule has 96 valence electrons. The predicted molar refractivity (Wildman–Crippen MR) is 66.0 cm³/mol. The fraction of sp³-hybridized carbons (Fsp3) is 0.917. The minimum absolute atomic E-state index is 0.0584. The number of carboxylic acid groups (broad SMARTS) is 1. The Kier molecular flexibility index (Phi) is 8.21. The van der Waals surface area contributed by atoms with E-state index in [0.29, 0.717) is 12.8 Å². The van der Waals surface area contributed by atoms with E-state index < -0.39 is 11.6 Å². The number of unbranched alkanes of at least 4 members (excludes halogenated alkanes) is 5. The Labute approximate surface area is 98.4 Å². The van der Waals surface area contributed by atoms with Gasteiger partial charge in [-0.05, 0) is 12.8 Å². The highest BCUT2D eigenvalue weighted by Crippen LogP contribution is 2.14. The van der Waals surface area contributed by atoms with Gasteiger partial charge in [-0.2, -0.15) is 0 Å². The summed E-state index contributed by atoms with van der Waals surface area (Å²) in [4.78, 5) is 10.4. The van der Waals surface area contributed by atoms with E-state index >= 15 is 0 Å². The molecular weight excluding hydrogens is 204 g/mol. The third-order valence-corrected chi connectivity index (χ3v) is 2.80. The first kappa shape index (κ1) is 15.4. The number of nitrogens with two attached hydrogens (primary N) is 2. The molecule has 0 saturated carbocycles. The molecule has 0 unspecified atom stereocenters. The smallest absolute Gasteiger partial charge is 0.303 e. The normalized spacial score (nSPS) is 11.7. The van der Waals surface area contributed by atoms with Crippen LogP contribution >= 0.6 is 0 Å². The molecule has 0 amide bonds. The maximum atomic E-state index is 10.4. The van der Waals surface area contributed by atoms with Crippen molar-refractivity contribution in [3.8, 4) is 0 Å².